The summed E-state index contributed by atoms with van der Waals surface area (Å²) >= 11 is 1.38. The largest absolute Gasteiger partial charge is 0.497 e. The van der Waals surface area contributed by atoms with Gasteiger partial charge in [0.2, 0.25) is 15.9 Å². The molecule has 49 heavy (non-hydrogen) atoms. The van der Waals surface area contributed by atoms with E-state index in [1.807, 2.05) is 63.4 Å². The third-order valence-corrected chi connectivity index (χ3v) is 11.0. The second-order valence-electron chi connectivity index (χ2n) is 12.9. The lowest BCUT2D eigenvalue weighted by Gasteiger charge is -2.34. The maximum absolute atomic E-state index is 14.1. The van der Waals surface area contributed by atoms with Gasteiger partial charge in [-0.05, 0) is 48.1 Å². The SMILES string of the molecule is COc1ccc(S(=O)(=O)N(CC(C)C)C[C@@H](O)[C@H](Cc2ccccc2)NC(=O)C(C(C)C)N2CCN(Cc3csc(CC#N)n3)C2=O)cc1. The predicted octanol–water partition coefficient (Wildman–Crippen LogP) is 3.92. The molecule has 12 nitrogen and oxygen atoms in total. The van der Waals surface area contributed by atoms with Gasteiger partial charge in [0.15, 0.2) is 0 Å². The molecule has 3 aromatic rings. The number of nitriles is 1. The number of aliphatic hydroxyl groups is 1. The van der Waals surface area contributed by atoms with Gasteiger partial charge in [-0.15, -0.1) is 11.3 Å². The molecule has 2 aromatic carbocycles. The van der Waals surface area contributed by atoms with E-state index in [2.05, 4.69) is 16.4 Å². The van der Waals surface area contributed by atoms with E-state index in [0.29, 0.717) is 29.5 Å². The van der Waals surface area contributed by atoms with Crippen molar-refractivity contribution in [2.24, 2.45) is 11.8 Å². The van der Waals surface area contributed by atoms with Crippen LogP contribution in [0.4, 0.5) is 4.79 Å². The zero-order chi connectivity index (χ0) is 35.7. The van der Waals surface area contributed by atoms with E-state index < -0.39 is 34.1 Å². The summed E-state index contributed by atoms with van der Waals surface area (Å²) in [6.07, 6.45) is -0.827. The Morgan fingerprint density at radius 2 is 1.80 bits per heavy atom. The van der Waals surface area contributed by atoms with Crippen molar-refractivity contribution in [3.05, 3.63) is 76.2 Å². The molecular formula is C35H46N6O6S2. The predicted molar refractivity (Wildman–Crippen MR) is 187 cm³/mol. The van der Waals surface area contributed by atoms with Crippen molar-refractivity contribution in [1.82, 2.24) is 24.4 Å². The van der Waals surface area contributed by atoms with Gasteiger partial charge in [0.05, 0.1) is 48.9 Å². The summed E-state index contributed by atoms with van der Waals surface area (Å²) in [5.41, 5.74) is 1.54. The van der Waals surface area contributed by atoms with Gasteiger partial charge in [-0.1, -0.05) is 58.0 Å². The van der Waals surface area contributed by atoms with Gasteiger partial charge >= 0.3 is 6.03 Å². The first-order valence-electron chi connectivity index (χ1n) is 16.4. The molecule has 0 aliphatic carbocycles. The Hall–Kier alpha value is -4.03. The van der Waals surface area contributed by atoms with Crippen LogP contribution in [0.3, 0.4) is 0 Å². The van der Waals surface area contributed by atoms with Crippen LogP contribution in [0, 0.1) is 23.2 Å². The zero-order valence-electron chi connectivity index (χ0n) is 28.7. The monoisotopic (exact) mass is 710 g/mol. The van der Waals surface area contributed by atoms with Gasteiger partial charge in [0.1, 0.15) is 16.8 Å². The van der Waals surface area contributed by atoms with E-state index in [1.54, 1.807) is 21.9 Å². The molecule has 1 unspecified atom stereocenters. The number of hydrogen-bond acceptors (Lipinski definition) is 9. The van der Waals surface area contributed by atoms with Crippen molar-refractivity contribution >= 4 is 33.3 Å². The van der Waals surface area contributed by atoms with E-state index in [-0.39, 0.29) is 55.2 Å². The fourth-order valence-electron chi connectivity index (χ4n) is 5.91. The number of carbonyl (C=O) groups is 2. The number of urea groups is 1. The second kappa shape index (κ2) is 17.1. The number of nitrogens with zero attached hydrogens (tertiary/aromatic N) is 5. The summed E-state index contributed by atoms with van der Waals surface area (Å²) in [6.45, 7) is 8.43. The first-order chi connectivity index (χ1) is 23.3. The van der Waals surface area contributed by atoms with Crippen LogP contribution in [-0.4, -0.2) is 96.0 Å². The number of aliphatic hydroxyl groups excluding tert-OH is 1. The van der Waals surface area contributed by atoms with Gasteiger partial charge in [-0.3, -0.25) is 4.79 Å². The number of hydrogen-bond donors (Lipinski definition) is 2. The lowest BCUT2D eigenvalue weighted by molar-refractivity contribution is -0.128. The van der Waals surface area contributed by atoms with Crippen LogP contribution in [0.2, 0.25) is 0 Å². The van der Waals surface area contributed by atoms with E-state index in [1.165, 1.54) is 34.9 Å². The smallest absolute Gasteiger partial charge is 0.321 e. The molecule has 264 valence electrons. The highest BCUT2D eigenvalue weighted by molar-refractivity contribution is 7.89. The third-order valence-electron chi connectivity index (χ3n) is 8.29. The van der Waals surface area contributed by atoms with E-state index in [4.69, 9.17) is 10.00 Å². The Bertz CT molecular complexity index is 1690. The number of carbonyl (C=O) groups excluding carboxylic acids is 2. The average Bonchev–Trinajstić information content (AvgIpc) is 3.66. The van der Waals surface area contributed by atoms with Crippen LogP contribution in [0.5, 0.6) is 5.75 Å². The Morgan fingerprint density at radius 3 is 2.41 bits per heavy atom. The highest BCUT2D eigenvalue weighted by atomic mass is 32.2. The van der Waals surface area contributed by atoms with E-state index in [9.17, 15) is 23.1 Å². The van der Waals surface area contributed by atoms with Gasteiger partial charge < -0.3 is 25.0 Å². The highest BCUT2D eigenvalue weighted by Crippen LogP contribution is 2.24. The summed E-state index contributed by atoms with van der Waals surface area (Å²) in [5.74, 6) is -0.206. The summed E-state index contributed by atoms with van der Waals surface area (Å²) in [5, 5.41) is 26.2. The minimum absolute atomic E-state index is 0.0425. The van der Waals surface area contributed by atoms with Gasteiger partial charge in [0, 0.05) is 31.6 Å². The Labute approximate surface area is 293 Å². The standard InChI is InChI=1S/C35H46N6O6S2/c1-24(2)20-40(49(45,46)29-13-11-28(47-5)12-14-29)22-31(42)30(19-26-9-7-6-8-10-26)38-34(43)33(25(3)4)41-18-17-39(35(41)44)21-27-23-48-32(37-27)15-16-36/h6-14,23-25,30-31,33,42H,15,17-22H2,1-5H3,(H,38,43)/t30-,31+,33?/m0/s1. The molecule has 0 saturated carbocycles. The molecule has 1 aliphatic rings. The van der Waals surface area contributed by atoms with Crippen molar-refractivity contribution in [3.8, 4) is 11.8 Å². The lowest BCUT2D eigenvalue weighted by Crippen LogP contribution is -2.57. The van der Waals surface area contributed by atoms with Crippen molar-refractivity contribution < 1.29 is 27.9 Å². The van der Waals surface area contributed by atoms with Crippen molar-refractivity contribution in [2.75, 3.05) is 33.3 Å². The highest BCUT2D eigenvalue weighted by Gasteiger charge is 2.40. The number of nitrogens with one attached hydrogen (secondary N) is 1. The van der Waals surface area contributed by atoms with E-state index >= 15 is 0 Å². The molecule has 1 aliphatic heterocycles. The fourth-order valence-corrected chi connectivity index (χ4v) is 8.25. The summed E-state index contributed by atoms with van der Waals surface area (Å²) in [6, 6.07) is 15.5. The maximum atomic E-state index is 14.1. The number of benzene rings is 2. The maximum Gasteiger partial charge on any atom is 0.321 e. The number of sulfonamides is 1. The summed E-state index contributed by atoms with van der Waals surface area (Å²) in [4.78, 5) is 35.4. The molecule has 0 spiro atoms. The molecule has 1 saturated heterocycles. The molecule has 14 heteroatoms. The normalized spacial score (nSPS) is 15.5. The van der Waals surface area contributed by atoms with E-state index in [0.717, 1.165) is 5.56 Å². The molecule has 2 N–H and O–H groups in total. The van der Waals surface area contributed by atoms with Crippen LogP contribution < -0.4 is 10.1 Å². The molecule has 0 radical (unpaired) electrons. The molecule has 4 rings (SSSR count). The van der Waals surface area contributed by atoms with Gasteiger partial charge in [-0.25, -0.2) is 18.2 Å². The van der Waals surface area contributed by atoms with Crippen LogP contribution in [0.25, 0.3) is 0 Å². The molecule has 3 amide bonds. The molecule has 2 heterocycles. The molecule has 3 atom stereocenters. The first-order valence-corrected chi connectivity index (χ1v) is 18.7. The topological polar surface area (TPSA) is 156 Å². The minimum atomic E-state index is -4.01. The van der Waals surface area contributed by atoms with Crippen molar-refractivity contribution in [3.63, 3.8) is 0 Å². The quantitative estimate of drug-likeness (QED) is 0.214. The summed E-state index contributed by atoms with van der Waals surface area (Å²) < 4.78 is 34.1. The Kier molecular flexibility index (Phi) is 13.2. The fraction of sp³-hybridized carbons (Fsp3) is 0.486. The van der Waals surface area contributed by atoms with Gasteiger partial charge in [0.25, 0.3) is 0 Å². The first kappa shape index (κ1) is 37.8. The number of ether oxygens (including phenoxy) is 1. The van der Waals surface area contributed by atoms with Crippen molar-refractivity contribution in [2.45, 2.75) is 70.2 Å². The Balaban J connectivity index is 1.55. The van der Waals surface area contributed by atoms with Gasteiger partial charge in [-0.2, -0.15) is 9.57 Å². The number of rotatable bonds is 17. The molecule has 1 fully saturated rings. The van der Waals surface area contributed by atoms with Crippen LogP contribution in [0.15, 0.2) is 64.9 Å². The third kappa shape index (κ3) is 9.78. The summed E-state index contributed by atoms with van der Waals surface area (Å²) in [7, 11) is -2.51. The number of methoxy groups -OCH3 is 1. The zero-order valence-corrected chi connectivity index (χ0v) is 30.3. The molecule has 0 bridgehead atoms. The average molecular weight is 711 g/mol. The number of thiazole rings is 1. The van der Waals surface area contributed by atoms with Crippen molar-refractivity contribution in [1.29, 1.82) is 5.26 Å². The van der Waals surface area contributed by atoms with Crippen LogP contribution >= 0.6 is 11.3 Å². The molecule has 1 aromatic heterocycles. The number of amides is 3. The lowest BCUT2D eigenvalue weighted by atomic mass is 9.97. The Morgan fingerprint density at radius 1 is 1.10 bits per heavy atom. The molecular weight excluding hydrogens is 665 g/mol. The minimum Gasteiger partial charge on any atom is -0.497 e. The van der Waals surface area contributed by atoms with Crippen LogP contribution in [0.1, 0.15) is 44.0 Å². The van der Waals surface area contributed by atoms with Crippen LogP contribution in [-0.2, 0) is 34.2 Å². The number of aromatic nitrogens is 1. The second-order valence-corrected chi connectivity index (χ2v) is 15.8.